The summed E-state index contributed by atoms with van der Waals surface area (Å²) in [6.45, 7) is 2.13. The lowest BCUT2D eigenvalue weighted by Crippen LogP contribution is -2.30. The monoisotopic (exact) mass is 345 g/mol. The van der Waals surface area contributed by atoms with E-state index in [4.69, 9.17) is 11.6 Å². The van der Waals surface area contributed by atoms with Crippen molar-refractivity contribution in [3.05, 3.63) is 21.9 Å². The van der Waals surface area contributed by atoms with Crippen molar-refractivity contribution < 1.29 is 4.79 Å². The van der Waals surface area contributed by atoms with Gasteiger partial charge in [-0.3, -0.25) is 4.79 Å². The van der Waals surface area contributed by atoms with Crippen molar-refractivity contribution in [2.75, 3.05) is 18.4 Å². The van der Waals surface area contributed by atoms with Crippen molar-refractivity contribution in [3.63, 3.8) is 0 Å². The first-order valence-corrected chi connectivity index (χ1v) is 7.64. The molecule has 0 aliphatic carbocycles. The van der Waals surface area contributed by atoms with Crippen LogP contribution in [0.15, 0.2) is 16.7 Å². The summed E-state index contributed by atoms with van der Waals surface area (Å²) in [5, 5.41) is 6.59. The van der Waals surface area contributed by atoms with Crippen LogP contribution in [0.1, 0.15) is 25.7 Å². The minimum Gasteiger partial charge on any atom is -0.325 e. The largest absolute Gasteiger partial charge is 0.325 e. The van der Waals surface area contributed by atoms with Gasteiger partial charge in [-0.05, 0) is 60.3 Å². The number of carbonyl (C=O) groups is 1. The van der Waals surface area contributed by atoms with Gasteiger partial charge in [-0.1, -0.05) is 11.6 Å². The number of nitrogens with zero attached hydrogens (tertiary/aromatic N) is 1. The molecule has 104 valence electrons. The van der Waals surface area contributed by atoms with Crippen molar-refractivity contribution in [1.29, 1.82) is 0 Å². The van der Waals surface area contributed by atoms with Crippen LogP contribution in [0.4, 0.5) is 5.69 Å². The second kappa shape index (κ2) is 7.22. The van der Waals surface area contributed by atoms with E-state index in [0.29, 0.717) is 27.7 Å². The molecule has 0 aromatic carbocycles. The minimum absolute atomic E-state index is 0.0293. The Balaban J connectivity index is 1.78. The van der Waals surface area contributed by atoms with Crippen LogP contribution in [-0.4, -0.2) is 24.0 Å². The summed E-state index contributed by atoms with van der Waals surface area (Å²) in [5.41, 5.74) is 0.669. The molecule has 1 aromatic heterocycles. The Bertz CT molecular complexity index is 450. The fourth-order valence-corrected chi connectivity index (χ4v) is 2.67. The van der Waals surface area contributed by atoms with E-state index in [0.717, 1.165) is 19.5 Å². The summed E-state index contributed by atoms with van der Waals surface area (Å²) in [6, 6.07) is 1.76. The Morgan fingerprint density at radius 2 is 2.47 bits per heavy atom. The van der Waals surface area contributed by atoms with Gasteiger partial charge in [-0.2, -0.15) is 0 Å². The van der Waals surface area contributed by atoms with Crippen LogP contribution in [0.5, 0.6) is 0 Å². The van der Waals surface area contributed by atoms with Gasteiger partial charge in [0, 0.05) is 6.42 Å². The van der Waals surface area contributed by atoms with Crippen molar-refractivity contribution >= 4 is 39.1 Å². The zero-order chi connectivity index (χ0) is 13.7. The molecule has 2 rings (SSSR count). The van der Waals surface area contributed by atoms with Gasteiger partial charge < -0.3 is 10.6 Å². The average molecular weight is 347 g/mol. The van der Waals surface area contributed by atoms with Gasteiger partial charge in [-0.25, -0.2) is 4.98 Å². The molecule has 19 heavy (non-hydrogen) atoms. The number of hydrogen-bond acceptors (Lipinski definition) is 3. The number of pyridine rings is 1. The number of anilines is 1. The van der Waals surface area contributed by atoms with Gasteiger partial charge in [0.15, 0.2) is 0 Å². The molecule has 1 saturated heterocycles. The molecule has 1 unspecified atom stereocenters. The lowest BCUT2D eigenvalue weighted by Gasteiger charge is -2.22. The Morgan fingerprint density at radius 3 is 3.16 bits per heavy atom. The summed E-state index contributed by atoms with van der Waals surface area (Å²) >= 11 is 9.09. The van der Waals surface area contributed by atoms with Crippen molar-refractivity contribution in [2.24, 2.45) is 5.92 Å². The van der Waals surface area contributed by atoms with E-state index in [-0.39, 0.29) is 5.91 Å². The highest BCUT2D eigenvalue weighted by molar-refractivity contribution is 9.10. The third kappa shape index (κ3) is 4.75. The van der Waals surface area contributed by atoms with E-state index in [9.17, 15) is 4.79 Å². The smallest absolute Gasteiger partial charge is 0.224 e. The number of rotatable bonds is 4. The van der Waals surface area contributed by atoms with Gasteiger partial charge in [-0.15, -0.1) is 0 Å². The first kappa shape index (κ1) is 14.8. The maximum Gasteiger partial charge on any atom is 0.224 e. The predicted octanol–water partition coefficient (Wildman–Crippen LogP) is 3.22. The molecule has 1 fully saturated rings. The highest BCUT2D eigenvalue weighted by Crippen LogP contribution is 2.23. The molecule has 0 radical (unpaired) electrons. The van der Waals surface area contributed by atoms with E-state index < -0.39 is 0 Å². The fourth-order valence-electron chi connectivity index (χ4n) is 2.22. The van der Waals surface area contributed by atoms with Crippen molar-refractivity contribution in [1.82, 2.24) is 10.3 Å². The molecule has 1 amide bonds. The molecule has 0 bridgehead atoms. The first-order valence-electron chi connectivity index (χ1n) is 6.47. The van der Waals surface area contributed by atoms with E-state index in [1.165, 1.54) is 12.8 Å². The maximum absolute atomic E-state index is 11.8. The number of carbonyl (C=O) groups excluding carboxylic acids is 1. The van der Waals surface area contributed by atoms with Gasteiger partial charge in [0.2, 0.25) is 5.91 Å². The molecule has 1 atom stereocenters. The molecule has 4 nitrogen and oxygen atoms in total. The van der Waals surface area contributed by atoms with Crippen molar-refractivity contribution in [3.8, 4) is 0 Å². The minimum atomic E-state index is 0.0293. The summed E-state index contributed by atoms with van der Waals surface area (Å²) in [5.74, 6) is 0.649. The Labute approximate surface area is 126 Å². The normalized spacial score (nSPS) is 19.2. The van der Waals surface area contributed by atoms with Crippen LogP contribution >= 0.6 is 27.5 Å². The Morgan fingerprint density at radius 1 is 1.63 bits per heavy atom. The second-order valence-corrected chi connectivity index (χ2v) is 6.01. The van der Waals surface area contributed by atoms with Crippen molar-refractivity contribution in [2.45, 2.75) is 25.7 Å². The molecular formula is C13H17BrClN3O. The quantitative estimate of drug-likeness (QED) is 0.823. The molecule has 1 aromatic rings. The van der Waals surface area contributed by atoms with E-state index in [1.54, 1.807) is 12.3 Å². The van der Waals surface area contributed by atoms with Gasteiger partial charge in [0.25, 0.3) is 0 Å². The lowest BCUT2D eigenvalue weighted by atomic mass is 9.94. The zero-order valence-electron chi connectivity index (χ0n) is 10.6. The zero-order valence-corrected chi connectivity index (χ0v) is 12.9. The number of nitrogens with one attached hydrogen (secondary N) is 2. The lowest BCUT2D eigenvalue weighted by molar-refractivity contribution is -0.116. The van der Waals surface area contributed by atoms with Crippen LogP contribution in [0.2, 0.25) is 5.15 Å². The molecule has 1 aliphatic heterocycles. The standard InChI is InChI=1S/C13H17BrClN3O/c14-11-6-10(8-17-13(11)15)18-12(19)4-3-9-2-1-5-16-7-9/h6,8-9,16H,1-5,7H2,(H,18,19). The molecule has 2 heterocycles. The Kier molecular flexibility index (Phi) is 5.60. The number of piperidine rings is 1. The SMILES string of the molecule is O=C(CCC1CCCNC1)Nc1cnc(Cl)c(Br)c1. The second-order valence-electron chi connectivity index (χ2n) is 4.80. The summed E-state index contributed by atoms with van der Waals surface area (Å²) in [6.07, 6.45) is 5.47. The maximum atomic E-state index is 11.8. The number of amides is 1. The fraction of sp³-hybridized carbons (Fsp3) is 0.538. The van der Waals surface area contributed by atoms with E-state index in [2.05, 4.69) is 31.5 Å². The third-order valence-corrected chi connectivity index (χ3v) is 4.39. The Hall–Kier alpha value is -0.650. The predicted molar refractivity (Wildman–Crippen MR) is 80.4 cm³/mol. The van der Waals surface area contributed by atoms with Crippen LogP contribution in [-0.2, 0) is 4.79 Å². The van der Waals surface area contributed by atoms with Crippen LogP contribution < -0.4 is 10.6 Å². The van der Waals surface area contributed by atoms with Gasteiger partial charge in [0.1, 0.15) is 5.15 Å². The van der Waals surface area contributed by atoms with Gasteiger partial charge in [0.05, 0.1) is 16.4 Å². The third-order valence-electron chi connectivity index (χ3n) is 3.26. The summed E-state index contributed by atoms with van der Waals surface area (Å²) in [7, 11) is 0. The van der Waals surface area contributed by atoms with Crippen LogP contribution in [0.3, 0.4) is 0 Å². The number of hydrogen-bond donors (Lipinski definition) is 2. The highest BCUT2D eigenvalue weighted by atomic mass is 79.9. The average Bonchev–Trinajstić information content (AvgIpc) is 2.42. The van der Waals surface area contributed by atoms with Crippen LogP contribution in [0, 0.1) is 5.92 Å². The molecular weight excluding hydrogens is 330 g/mol. The number of halogens is 2. The topological polar surface area (TPSA) is 54.0 Å². The summed E-state index contributed by atoms with van der Waals surface area (Å²) in [4.78, 5) is 15.8. The summed E-state index contributed by atoms with van der Waals surface area (Å²) < 4.78 is 0.684. The molecule has 1 aliphatic rings. The first-order chi connectivity index (χ1) is 9.15. The van der Waals surface area contributed by atoms with E-state index >= 15 is 0 Å². The van der Waals surface area contributed by atoms with Gasteiger partial charge >= 0.3 is 0 Å². The molecule has 0 spiro atoms. The molecule has 6 heteroatoms. The van der Waals surface area contributed by atoms with E-state index in [1.807, 2.05) is 0 Å². The molecule has 0 saturated carbocycles. The molecule has 2 N–H and O–H groups in total. The van der Waals surface area contributed by atoms with Crippen LogP contribution in [0.25, 0.3) is 0 Å². The number of aromatic nitrogens is 1. The highest BCUT2D eigenvalue weighted by Gasteiger charge is 2.14.